The molecule has 0 unspecified atom stereocenters. The van der Waals surface area contributed by atoms with Gasteiger partial charge in [0.2, 0.25) is 5.95 Å². The van der Waals surface area contributed by atoms with Crippen LogP contribution < -0.4 is 0 Å². The van der Waals surface area contributed by atoms with Crippen molar-refractivity contribution in [3.63, 3.8) is 0 Å². The van der Waals surface area contributed by atoms with E-state index in [9.17, 15) is 0 Å². The average molecular weight is 204 g/mol. The number of rotatable bonds is 2. The van der Waals surface area contributed by atoms with E-state index in [4.69, 9.17) is 5.11 Å². The highest BCUT2D eigenvalue weighted by Gasteiger charge is 2.05. The lowest BCUT2D eigenvalue weighted by atomic mass is 10.3. The predicted molar refractivity (Wildman–Crippen MR) is 54.6 cm³/mol. The number of aromatic nitrogens is 4. The number of hydrogen-bond acceptors (Lipinski definition) is 4. The van der Waals surface area contributed by atoms with Crippen LogP contribution >= 0.6 is 0 Å². The smallest absolute Gasteiger partial charge is 0.235 e. The van der Waals surface area contributed by atoms with Gasteiger partial charge in [-0.25, -0.2) is 15.0 Å². The molecule has 2 heterocycles. The second-order valence-electron chi connectivity index (χ2n) is 3.28. The topological polar surface area (TPSA) is 63.8 Å². The molecule has 0 spiro atoms. The van der Waals surface area contributed by atoms with Gasteiger partial charge < -0.3 is 5.11 Å². The van der Waals surface area contributed by atoms with Crippen LogP contribution in [0.3, 0.4) is 0 Å². The zero-order valence-electron chi connectivity index (χ0n) is 8.68. The molecule has 0 aliphatic heterocycles. The molecular weight excluding hydrogens is 192 g/mol. The molecule has 0 fully saturated rings. The Balaban J connectivity index is 2.47. The monoisotopic (exact) mass is 204 g/mol. The molecule has 0 radical (unpaired) electrons. The molecule has 0 saturated carbocycles. The third-order valence-electron chi connectivity index (χ3n) is 2.28. The van der Waals surface area contributed by atoms with Crippen LogP contribution in [0.2, 0.25) is 0 Å². The Labute approximate surface area is 87.5 Å². The quantitative estimate of drug-likeness (QED) is 0.784. The fourth-order valence-corrected chi connectivity index (χ4v) is 1.34. The fourth-order valence-electron chi connectivity index (χ4n) is 1.34. The van der Waals surface area contributed by atoms with Crippen molar-refractivity contribution in [2.75, 3.05) is 0 Å². The summed E-state index contributed by atoms with van der Waals surface area (Å²) in [6, 6.07) is 0. The Bertz CT molecular complexity index is 478. The third-order valence-corrected chi connectivity index (χ3v) is 2.28. The van der Waals surface area contributed by atoms with Gasteiger partial charge in [-0.05, 0) is 13.8 Å². The van der Waals surface area contributed by atoms with Crippen molar-refractivity contribution in [3.8, 4) is 5.95 Å². The second kappa shape index (κ2) is 3.78. The number of nitrogens with zero attached hydrogens (tertiary/aromatic N) is 4. The van der Waals surface area contributed by atoms with Gasteiger partial charge in [-0.2, -0.15) is 0 Å². The molecule has 5 nitrogen and oxygen atoms in total. The van der Waals surface area contributed by atoms with Crippen molar-refractivity contribution in [2.45, 2.75) is 20.5 Å². The molecule has 0 bridgehead atoms. The normalized spacial score (nSPS) is 10.6. The van der Waals surface area contributed by atoms with E-state index in [0.29, 0.717) is 5.95 Å². The van der Waals surface area contributed by atoms with Crippen molar-refractivity contribution in [2.24, 2.45) is 0 Å². The number of aliphatic hydroxyl groups is 1. The SMILES string of the molecule is Cc1nc(-n2ccnc2C)ncc1CO. The van der Waals surface area contributed by atoms with E-state index in [1.807, 2.05) is 20.0 Å². The summed E-state index contributed by atoms with van der Waals surface area (Å²) < 4.78 is 1.80. The molecule has 2 aromatic heterocycles. The highest BCUT2D eigenvalue weighted by atomic mass is 16.3. The van der Waals surface area contributed by atoms with Crippen LogP contribution in [0, 0.1) is 13.8 Å². The van der Waals surface area contributed by atoms with Crippen LogP contribution in [0.4, 0.5) is 0 Å². The Morgan fingerprint density at radius 3 is 2.67 bits per heavy atom. The highest BCUT2D eigenvalue weighted by molar-refractivity contribution is 5.22. The molecule has 0 aliphatic rings. The summed E-state index contributed by atoms with van der Waals surface area (Å²) in [6.45, 7) is 3.71. The summed E-state index contributed by atoms with van der Waals surface area (Å²) in [4.78, 5) is 12.6. The maximum atomic E-state index is 9.00. The summed E-state index contributed by atoms with van der Waals surface area (Å²) in [6.07, 6.45) is 5.15. The molecule has 1 N–H and O–H groups in total. The lowest BCUT2D eigenvalue weighted by Crippen LogP contribution is -2.05. The number of aliphatic hydroxyl groups excluding tert-OH is 1. The van der Waals surface area contributed by atoms with E-state index in [-0.39, 0.29) is 6.61 Å². The van der Waals surface area contributed by atoms with Gasteiger partial charge in [0.1, 0.15) is 5.82 Å². The maximum absolute atomic E-state index is 9.00. The van der Waals surface area contributed by atoms with Crippen molar-refractivity contribution in [1.29, 1.82) is 0 Å². The van der Waals surface area contributed by atoms with Crippen molar-refractivity contribution >= 4 is 0 Å². The zero-order valence-corrected chi connectivity index (χ0v) is 8.68. The predicted octanol–water partition coefficient (Wildman–Crippen LogP) is 0.771. The van der Waals surface area contributed by atoms with Crippen molar-refractivity contribution in [3.05, 3.63) is 35.7 Å². The first-order chi connectivity index (χ1) is 7.22. The first kappa shape index (κ1) is 9.79. The molecule has 78 valence electrons. The summed E-state index contributed by atoms with van der Waals surface area (Å²) >= 11 is 0. The van der Waals surface area contributed by atoms with Crippen LogP contribution in [0.5, 0.6) is 0 Å². The Hall–Kier alpha value is -1.75. The maximum Gasteiger partial charge on any atom is 0.235 e. The van der Waals surface area contributed by atoms with Gasteiger partial charge in [0.05, 0.1) is 6.61 Å². The standard InChI is InChI=1S/C10H12N4O/c1-7-9(6-15)5-12-10(13-7)14-4-3-11-8(14)2/h3-5,15H,6H2,1-2H3. The van der Waals surface area contributed by atoms with Crippen LogP contribution in [-0.4, -0.2) is 24.6 Å². The number of aryl methyl sites for hydroxylation is 2. The van der Waals surface area contributed by atoms with E-state index in [2.05, 4.69) is 15.0 Å². The highest BCUT2D eigenvalue weighted by Crippen LogP contribution is 2.08. The van der Waals surface area contributed by atoms with E-state index in [1.54, 1.807) is 17.0 Å². The number of imidazole rings is 1. The van der Waals surface area contributed by atoms with E-state index >= 15 is 0 Å². The molecule has 2 aromatic rings. The largest absolute Gasteiger partial charge is 0.392 e. The molecule has 0 aromatic carbocycles. The molecule has 2 rings (SSSR count). The second-order valence-corrected chi connectivity index (χ2v) is 3.28. The molecule has 0 amide bonds. The molecular formula is C10H12N4O. The molecule has 15 heavy (non-hydrogen) atoms. The van der Waals surface area contributed by atoms with Gasteiger partial charge >= 0.3 is 0 Å². The summed E-state index contributed by atoms with van der Waals surface area (Å²) in [5.41, 5.74) is 1.53. The van der Waals surface area contributed by atoms with Crippen LogP contribution in [0.25, 0.3) is 5.95 Å². The van der Waals surface area contributed by atoms with Crippen LogP contribution in [0.1, 0.15) is 17.1 Å². The van der Waals surface area contributed by atoms with Gasteiger partial charge in [-0.15, -0.1) is 0 Å². The van der Waals surface area contributed by atoms with E-state index in [0.717, 1.165) is 17.1 Å². The summed E-state index contributed by atoms with van der Waals surface area (Å²) in [7, 11) is 0. The average Bonchev–Trinajstić information content (AvgIpc) is 2.64. The Morgan fingerprint density at radius 1 is 1.33 bits per heavy atom. The fraction of sp³-hybridized carbons (Fsp3) is 0.300. The minimum absolute atomic E-state index is 0.0327. The molecule has 0 saturated heterocycles. The van der Waals surface area contributed by atoms with Gasteiger partial charge in [-0.3, -0.25) is 4.57 Å². The molecule has 5 heteroatoms. The minimum Gasteiger partial charge on any atom is -0.392 e. The first-order valence-electron chi connectivity index (χ1n) is 4.66. The van der Waals surface area contributed by atoms with Crippen molar-refractivity contribution < 1.29 is 5.11 Å². The zero-order chi connectivity index (χ0) is 10.8. The van der Waals surface area contributed by atoms with Crippen LogP contribution in [-0.2, 0) is 6.61 Å². The minimum atomic E-state index is -0.0327. The number of hydrogen-bond donors (Lipinski definition) is 1. The van der Waals surface area contributed by atoms with Crippen molar-refractivity contribution in [1.82, 2.24) is 19.5 Å². The lowest BCUT2D eigenvalue weighted by molar-refractivity contribution is 0.280. The first-order valence-corrected chi connectivity index (χ1v) is 4.66. The molecule has 0 atom stereocenters. The van der Waals surface area contributed by atoms with E-state index < -0.39 is 0 Å². The molecule has 0 aliphatic carbocycles. The van der Waals surface area contributed by atoms with Gasteiger partial charge in [0, 0.05) is 29.8 Å². The Kier molecular flexibility index (Phi) is 2.47. The van der Waals surface area contributed by atoms with Gasteiger partial charge in [0.15, 0.2) is 0 Å². The lowest BCUT2D eigenvalue weighted by Gasteiger charge is -2.05. The summed E-state index contributed by atoms with van der Waals surface area (Å²) in [5, 5.41) is 9.00. The van der Waals surface area contributed by atoms with E-state index in [1.165, 1.54) is 0 Å². The van der Waals surface area contributed by atoms with Gasteiger partial charge in [-0.1, -0.05) is 0 Å². The Morgan fingerprint density at radius 2 is 2.13 bits per heavy atom. The van der Waals surface area contributed by atoms with Gasteiger partial charge in [0.25, 0.3) is 0 Å². The summed E-state index contributed by atoms with van der Waals surface area (Å²) in [5.74, 6) is 1.42. The van der Waals surface area contributed by atoms with Crippen LogP contribution in [0.15, 0.2) is 18.6 Å². The third kappa shape index (κ3) is 1.73.